The van der Waals surface area contributed by atoms with Crippen molar-refractivity contribution < 1.29 is 27.9 Å². The van der Waals surface area contributed by atoms with Crippen LogP contribution in [0.25, 0.3) is 17.0 Å². The lowest BCUT2D eigenvalue weighted by Crippen LogP contribution is -2.36. The van der Waals surface area contributed by atoms with Gasteiger partial charge in [0.2, 0.25) is 0 Å². The fourth-order valence-corrected chi connectivity index (χ4v) is 4.84. The molecule has 2 amide bonds. The number of hydrogen-bond donors (Lipinski definition) is 1. The minimum atomic E-state index is -4.46. The van der Waals surface area contributed by atoms with Crippen LogP contribution in [0.4, 0.5) is 18.0 Å². The molecule has 0 saturated carbocycles. The molecule has 1 aromatic heterocycles. The summed E-state index contributed by atoms with van der Waals surface area (Å²) in [6, 6.07) is 9.51. The second kappa shape index (κ2) is 10.5. The number of carbonyl (C=O) groups excluding carboxylic acids is 2. The van der Waals surface area contributed by atoms with Gasteiger partial charge in [0.1, 0.15) is 0 Å². The molecule has 1 aliphatic heterocycles. The Kier molecular flexibility index (Phi) is 7.53. The highest BCUT2D eigenvalue weighted by molar-refractivity contribution is 8.18. The summed E-state index contributed by atoms with van der Waals surface area (Å²) in [6.45, 7) is 2.69. The monoisotopic (exact) mass is 518 g/mol. The fraction of sp³-hybridized carbons (Fsp3) is 0.320. The number of aromatic nitrogens is 2. The number of likely N-dealkylation sites (N-methyl/N-ethyl adjacent to an activating group) is 1. The van der Waals surface area contributed by atoms with Gasteiger partial charge in [0.05, 0.1) is 35.3 Å². The smallest absolute Gasteiger partial charge is 0.395 e. The van der Waals surface area contributed by atoms with Crippen LogP contribution in [-0.4, -0.2) is 69.1 Å². The van der Waals surface area contributed by atoms with Crippen LogP contribution in [0.5, 0.6) is 0 Å². The zero-order chi connectivity index (χ0) is 26.0. The van der Waals surface area contributed by atoms with Crippen molar-refractivity contribution in [1.29, 1.82) is 0 Å². The zero-order valence-corrected chi connectivity index (χ0v) is 20.6. The Morgan fingerprint density at radius 2 is 1.92 bits per heavy atom. The van der Waals surface area contributed by atoms with Gasteiger partial charge in [0.25, 0.3) is 11.1 Å². The van der Waals surface area contributed by atoms with Crippen LogP contribution in [0, 0.1) is 6.92 Å². The average Bonchev–Trinajstić information content (AvgIpc) is 3.32. The highest BCUT2D eigenvalue weighted by Crippen LogP contribution is 2.34. The molecule has 36 heavy (non-hydrogen) atoms. The molecule has 3 aromatic rings. The van der Waals surface area contributed by atoms with E-state index in [1.54, 1.807) is 50.5 Å². The SMILES string of the molecule is Cc1ccc(Cn2ncc3cc(/C=C4\SC(=O)N(CCN(C)CCO)C4=O)ccc32)c(C(F)(F)F)c1. The van der Waals surface area contributed by atoms with Crippen molar-refractivity contribution in [3.8, 4) is 0 Å². The number of rotatable bonds is 8. The van der Waals surface area contributed by atoms with Crippen molar-refractivity contribution in [3.63, 3.8) is 0 Å². The predicted molar refractivity (Wildman–Crippen MR) is 132 cm³/mol. The van der Waals surface area contributed by atoms with E-state index < -0.39 is 11.7 Å². The third-order valence-corrected chi connectivity index (χ3v) is 6.82. The minimum Gasteiger partial charge on any atom is -0.395 e. The number of aliphatic hydroxyl groups excluding tert-OH is 1. The number of benzene rings is 2. The lowest BCUT2D eigenvalue weighted by atomic mass is 10.0. The second-order valence-corrected chi connectivity index (χ2v) is 9.63. The van der Waals surface area contributed by atoms with Crippen LogP contribution in [0.2, 0.25) is 0 Å². The topological polar surface area (TPSA) is 78.7 Å². The number of fused-ring (bicyclic) bond motifs is 1. The highest BCUT2D eigenvalue weighted by atomic mass is 32.2. The molecule has 0 bridgehead atoms. The summed E-state index contributed by atoms with van der Waals surface area (Å²) in [4.78, 5) is 28.4. The summed E-state index contributed by atoms with van der Waals surface area (Å²) < 4.78 is 42.1. The van der Waals surface area contributed by atoms with Gasteiger partial charge >= 0.3 is 6.18 Å². The van der Waals surface area contributed by atoms with Crippen molar-refractivity contribution in [3.05, 3.63) is 69.8 Å². The molecule has 1 fully saturated rings. The number of alkyl halides is 3. The highest BCUT2D eigenvalue weighted by Gasteiger charge is 2.35. The van der Waals surface area contributed by atoms with E-state index in [9.17, 15) is 22.8 Å². The molecule has 4 rings (SSSR count). The van der Waals surface area contributed by atoms with E-state index in [2.05, 4.69) is 5.10 Å². The van der Waals surface area contributed by atoms with Gasteiger partial charge in [-0.05, 0) is 61.1 Å². The third-order valence-electron chi connectivity index (χ3n) is 5.92. The lowest BCUT2D eigenvalue weighted by Gasteiger charge is -2.18. The first-order valence-electron chi connectivity index (χ1n) is 11.2. The summed E-state index contributed by atoms with van der Waals surface area (Å²) in [5, 5.41) is 13.6. The van der Waals surface area contributed by atoms with Gasteiger partial charge in [0, 0.05) is 25.0 Å². The average molecular weight is 519 g/mol. The van der Waals surface area contributed by atoms with E-state index in [0.29, 0.717) is 40.0 Å². The molecule has 0 radical (unpaired) electrons. The van der Waals surface area contributed by atoms with Crippen LogP contribution in [0.3, 0.4) is 0 Å². The molecular formula is C25H25F3N4O3S. The number of aryl methyl sites for hydroxylation is 1. The maximum absolute atomic E-state index is 13.5. The van der Waals surface area contributed by atoms with Gasteiger partial charge in [-0.25, -0.2) is 0 Å². The number of aliphatic hydroxyl groups is 1. The van der Waals surface area contributed by atoms with Crippen LogP contribution < -0.4 is 0 Å². The summed E-state index contributed by atoms with van der Waals surface area (Å²) in [6.07, 6.45) is -1.27. The number of thioether (sulfide) groups is 1. The molecule has 7 nitrogen and oxygen atoms in total. The molecule has 0 spiro atoms. The van der Waals surface area contributed by atoms with Crippen molar-refractivity contribution in [1.82, 2.24) is 19.6 Å². The number of amides is 2. The van der Waals surface area contributed by atoms with Gasteiger partial charge in [-0.3, -0.25) is 19.2 Å². The number of hydrogen-bond acceptors (Lipinski definition) is 6. The predicted octanol–water partition coefficient (Wildman–Crippen LogP) is 4.37. The lowest BCUT2D eigenvalue weighted by molar-refractivity contribution is -0.138. The van der Waals surface area contributed by atoms with Crippen LogP contribution in [-0.2, 0) is 17.5 Å². The van der Waals surface area contributed by atoms with E-state index in [1.165, 1.54) is 15.6 Å². The molecular weight excluding hydrogens is 493 g/mol. The fourth-order valence-electron chi connectivity index (χ4n) is 3.97. The summed E-state index contributed by atoms with van der Waals surface area (Å²) in [7, 11) is 1.79. The second-order valence-electron chi connectivity index (χ2n) is 8.64. The summed E-state index contributed by atoms with van der Waals surface area (Å²) in [5.74, 6) is -0.378. The molecule has 2 heterocycles. The molecule has 0 unspecified atom stereocenters. The Morgan fingerprint density at radius 3 is 2.64 bits per heavy atom. The van der Waals surface area contributed by atoms with Crippen LogP contribution in [0.15, 0.2) is 47.5 Å². The Balaban J connectivity index is 1.53. The normalized spacial score (nSPS) is 15.8. The molecule has 1 aliphatic rings. The Morgan fingerprint density at radius 1 is 1.14 bits per heavy atom. The van der Waals surface area contributed by atoms with Gasteiger partial charge in [-0.15, -0.1) is 0 Å². The molecule has 2 aromatic carbocycles. The molecule has 0 aliphatic carbocycles. The van der Waals surface area contributed by atoms with Crippen molar-refractivity contribution in [2.45, 2.75) is 19.6 Å². The molecule has 1 N–H and O–H groups in total. The van der Waals surface area contributed by atoms with Gasteiger partial charge in [-0.2, -0.15) is 18.3 Å². The molecule has 0 atom stereocenters. The largest absolute Gasteiger partial charge is 0.416 e. The van der Waals surface area contributed by atoms with Crippen LogP contribution >= 0.6 is 11.8 Å². The number of halogens is 3. The first kappa shape index (κ1) is 25.9. The number of imide groups is 1. The van der Waals surface area contributed by atoms with E-state index in [-0.39, 0.29) is 36.4 Å². The minimum absolute atomic E-state index is 0.00807. The summed E-state index contributed by atoms with van der Waals surface area (Å²) >= 11 is 0.862. The van der Waals surface area contributed by atoms with E-state index >= 15 is 0 Å². The maximum atomic E-state index is 13.5. The first-order valence-corrected chi connectivity index (χ1v) is 12.1. The van der Waals surface area contributed by atoms with Crippen molar-refractivity contribution >= 4 is 39.9 Å². The maximum Gasteiger partial charge on any atom is 0.416 e. The van der Waals surface area contributed by atoms with E-state index in [1.807, 2.05) is 4.90 Å². The quantitative estimate of drug-likeness (QED) is 0.446. The zero-order valence-electron chi connectivity index (χ0n) is 19.7. The molecule has 11 heteroatoms. The number of nitrogens with zero attached hydrogens (tertiary/aromatic N) is 4. The Bertz CT molecular complexity index is 1340. The van der Waals surface area contributed by atoms with Gasteiger partial charge < -0.3 is 10.0 Å². The molecule has 190 valence electrons. The first-order chi connectivity index (χ1) is 17.1. The number of carbonyl (C=O) groups is 2. The summed E-state index contributed by atoms with van der Waals surface area (Å²) in [5.41, 5.74) is 1.31. The van der Waals surface area contributed by atoms with E-state index in [0.717, 1.165) is 17.8 Å². The van der Waals surface area contributed by atoms with Gasteiger partial charge in [-0.1, -0.05) is 23.8 Å². The van der Waals surface area contributed by atoms with Crippen molar-refractivity contribution in [2.75, 3.05) is 33.3 Å². The van der Waals surface area contributed by atoms with Gasteiger partial charge in [0.15, 0.2) is 0 Å². The van der Waals surface area contributed by atoms with Crippen LogP contribution in [0.1, 0.15) is 22.3 Å². The van der Waals surface area contributed by atoms with Crippen molar-refractivity contribution in [2.24, 2.45) is 0 Å². The Labute approximate surface area is 210 Å². The Hall–Kier alpha value is -3.15. The third kappa shape index (κ3) is 5.63. The standard InChI is InChI=1S/C25H25F3N4O3S/c1-16-3-5-18(20(11-16)25(26,27)28)15-32-21-6-4-17(12-19(21)14-29-32)13-22-23(34)31(24(35)36-22)8-7-30(2)9-10-33/h3-6,11-14,33H,7-10,15H2,1-2H3/b22-13-. The molecule has 1 saturated heterocycles. The van der Waals surface area contributed by atoms with E-state index in [4.69, 9.17) is 5.11 Å².